The summed E-state index contributed by atoms with van der Waals surface area (Å²) in [6.07, 6.45) is 2.58. The van der Waals surface area contributed by atoms with Gasteiger partial charge in [0.05, 0.1) is 11.6 Å². The van der Waals surface area contributed by atoms with E-state index in [1.54, 1.807) is 6.20 Å². The summed E-state index contributed by atoms with van der Waals surface area (Å²) >= 11 is 0. The van der Waals surface area contributed by atoms with Gasteiger partial charge in [-0.2, -0.15) is 0 Å². The lowest BCUT2D eigenvalue weighted by molar-refractivity contribution is -0.124. The van der Waals surface area contributed by atoms with Crippen molar-refractivity contribution in [3.8, 4) is 0 Å². The third-order valence-corrected chi connectivity index (χ3v) is 4.41. The van der Waals surface area contributed by atoms with Crippen molar-refractivity contribution in [1.29, 1.82) is 0 Å². The second-order valence-corrected chi connectivity index (χ2v) is 6.21. The Bertz CT molecular complexity index is 912. The van der Waals surface area contributed by atoms with Crippen LogP contribution in [0.25, 0.3) is 10.9 Å². The highest BCUT2D eigenvalue weighted by Crippen LogP contribution is 2.18. The number of aromatic amines is 1. The van der Waals surface area contributed by atoms with Crippen LogP contribution < -0.4 is 5.32 Å². The lowest BCUT2D eigenvalue weighted by Gasteiger charge is -2.15. The number of benzene rings is 2. The molecule has 1 heterocycles. The lowest BCUT2D eigenvalue weighted by atomic mass is 10.1. The number of aryl methyl sites for hydroxylation is 1. The summed E-state index contributed by atoms with van der Waals surface area (Å²) in [4.78, 5) is 27.3. The fraction of sp³-hybridized carbons (Fsp3) is 0.238. The Morgan fingerprint density at radius 1 is 1.12 bits per heavy atom. The Labute approximate surface area is 152 Å². The van der Waals surface area contributed by atoms with Gasteiger partial charge in [-0.1, -0.05) is 49.4 Å². The molecule has 134 valence electrons. The van der Waals surface area contributed by atoms with Gasteiger partial charge in [0.1, 0.15) is 0 Å². The van der Waals surface area contributed by atoms with Gasteiger partial charge in [-0.25, -0.2) is 4.79 Å². The number of hydrogen-bond donors (Lipinski definition) is 2. The van der Waals surface area contributed by atoms with Crippen molar-refractivity contribution in [2.45, 2.75) is 26.3 Å². The summed E-state index contributed by atoms with van der Waals surface area (Å²) in [5.41, 5.74) is 3.54. The number of amides is 1. The van der Waals surface area contributed by atoms with Crippen molar-refractivity contribution in [3.63, 3.8) is 0 Å². The molecular formula is C21H22N2O3. The van der Waals surface area contributed by atoms with Crippen LogP contribution in [-0.4, -0.2) is 23.5 Å². The molecule has 5 nitrogen and oxygen atoms in total. The molecule has 26 heavy (non-hydrogen) atoms. The average Bonchev–Trinajstić information content (AvgIpc) is 3.10. The molecule has 1 amide bonds. The van der Waals surface area contributed by atoms with Crippen LogP contribution in [0.1, 0.15) is 41.4 Å². The number of carbonyl (C=O) groups is 2. The minimum Gasteiger partial charge on any atom is -0.452 e. The number of carbonyl (C=O) groups excluding carboxylic acids is 2. The molecule has 5 heteroatoms. The number of esters is 1. The van der Waals surface area contributed by atoms with Crippen LogP contribution in [0.4, 0.5) is 0 Å². The first-order chi connectivity index (χ1) is 12.6. The van der Waals surface area contributed by atoms with Gasteiger partial charge < -0.3 is 15.0 Å². The second-order valence-electron chi connectivity index (χ2n) is 6.21. The molecule has 0 aliphatic heterocycles. The zero-order valence-corrected chi connectivity index (χ0v) is 14.9. The lowest BCUT2D eigenvalue weighted by Crippen LogP contribution is -2.31. The van der Waals surface area contributed by atoms with Crippen LogP contribution in [0.2, 0.25) is 0 Å². The summed E-state index contributed by atoms with van der Waals surface area (Å²) in [5, 5.41) is 3.63. The molecule has 0 aliphatic carbocycles. The third-order valence-electron chi connectivity index (χ3n) is 4.41. The Balaban J connectivity index is 1.55. The molecule has 0 spiro atoms. The Morgan fingerprint density at radius 3 is 2.58 bits per heavy atom. The monoisotopic (exact) mass is 350 g/mol. The molecule has 1 atom stereocenters. The van der Waals surface area contributed by atoms with Crippen LogP contribution in [0.5, 0.6) is 0 Å². The number of rotatable bonds is 6. The van der Waals surface area contributed by atoms with Gasteiger partial charge in [0, 0.05) is 17.1 Å². The molecule has 0 saturated heterocycles. The maximum Gasteiger partial charge on any atom is 0.340 e. The van der Waals surface area contributed by atoms with Crippen molar-refractivity contribution < 1.29 is 14.3 Å². The highest BCUT2D eigenvalue weighted by atomic mass is 16.5. The number of fused-ring (bicyclic) bond motifs is 1. The molecule has 2 aromatic carbocycles. The number of H-pyrrole nitrogens is 1. The molecule has 0 unspecified atom stereocenters. The van der Waals surface area contributed by atoms with E-state index in [1.807, 2.05) is 43.3 Å². The molecular weight excluding hydrogens is 328 g/mol. The fourth-order valence-electron chi connectivity index (χ4n) is 2.86. The van der Waals surface area contributed by atoms with E-state index in [-0.39, 0.29) is 18.6 Å². The Kier molecular flexibility index (Phi) is 5.37. The Morgan fingerprint density at radius 2 is 1.85 bits per heavy atom. The predicted octanol–water partition coefficient (Wildman–Crippen LogP) is 3.76. The van der Waals surface area contributed by atoms with Crippen LogP contribution in [0.3, 0.4) is 0 Å². The topological polar surface area (TPSA) is 71.2 Å². The summed E-state index contributed by atoms with van der Waals surface area (Å²) in [5.74, 6) is -0.845. The molecule has 3 aromatic rings. The first-order valence-corrected chi connectivity index (χ1v) is 8.70. The smallest absolute Gasteiger partial charge is 0.340 e. The van der Waals surface area contributed by atoms with Gasteiger partial charge in [0.15, 0.2) is 6.61 Å². The van der Waals surface area contributed by atoms with Gasteiger partial charge in [0.2, 0.25) is 0 Å². The predicted molar refractivity (Wildman–Crippen MR) is 101 cm³/mol. The van der Waals surface area contributed by atoms with E-state index in [0.717, 1.165) is 22.9 Å². The van der Waals surface area contributed by atoms with E-state index in [2.05, 4.69) is 29.4 Å². The first-order valence-electron chi connectivity index (χ1n) is 8.70. The largest absolute Gasteiger partial charge is 0.452 e. The van der Waals surface area contributed by atoms with Crippen molar-refractivity contribution in [3.05, 3.63) is 71.4 Å². The average molecular weight is 350 g/mol. The quantitative estimate of drug-likeness (QED) is 0.665. The van der Waals surface area contributed by atoms with Crippen LogP contribution >= 0.6 is 0 Å². The number of ether oxygens (including phenoxy) is 1. The molecule has 1 aromatic heterocycles. The first kappa shape index (κ1) is 17.7. The van der Waals surface area contributed by atoms with Gasteiger partial charge in [-0.05, 0) is 30.5 Å². The zero-order valence-electron chi connectivity index (χ0n) is 14.9. The molecule has 0 aliphatic rings. The van der Waals surface area contributed by atoms with E-state index in [9.17, 15) is 9.59 Å². The SMILES string of the molecule is CCc1ccc([C@@H](C)NC(=O)COC(=O)c2c[nH]c3ccccc23)cc1. The van der Waals surface area contributed by atoms with Crippen molar-refractivity contribution >= 4 is 22.8 Å². The summed E-state index contributed by atoms with van der Waals surface area (Å²) in [6, 6.07) is 15.4. The maximum absolute atomic E-state index is 12.2. The molecule has 3 rings (SSSR count). The molecule has 0 bridgehead atoms. The van der Waals surface area contributed by atoms with Crippen molar-refractivity contribution in [1.82, 2.24) is 10.3 Å². The maximum atomic E-state index is 12.2. The number of para-hydroxylation sites is 1. The van der Waals surface area contributed by atoms with E-state index in [0.29, 0.717) is 5.56 Å². The third kappa shape index (κ3) is 3.94. The molecule has 0 saturated carbocycles. The summed E-state index contributed by atoms with van der Waals surface area (Å²) < 4.78 is 5.16. The highest BCUT2D eigenvalue weighted by molar-refractivity contribution is 6.04. The van der Waals surface area contributed by atoms with Crippen molar-refractivity contribution in [2.75, 3.05) is 6.61 Å². The minimum absolute atomic E-state index is 0.153. The fourth-order valence-corrected chi connectivity index (χ4v) is 2.86. The molecule has 0 radical (unpaired) electrons. The highest BCUT2D eigenvalue weighted by Gasteiger charge is 2.16. The number of aromatic nitrogens is 1. The van der Waals surface area contributed by atoms with Crippen LogP contribution in [0, 0.1) is 0 Å². The van der Waals surface area contributed by atoms with E-state index >= 15 is 0 Å². The zero-order chi connectivity index (χ0) is 18.5. The minimum atomic E-state index is -0.516. The van der Waals surface area contributed by atoms with Gasteiger partial charge in [-0.15, -0.1) is 0 Å². The van der Waals surface area contributed by atoms with Crippen LogP contribution in [-0.2, 0) is 16.0 Å². The summed E-state index contributed by atoms with van der Waals surface area (Å²) in [6.45, 7) is 3.69. The number of hydrogen-bond acceptors (Lipinski definition) is 3. The van der Waals surface area contributed by atoms with Gasteiger partial charge >= 0.3 is 5.97 Å². The van der Waals surface area contributed by atoms with Crippen molar-refractivity contribution in [2.24, 2.45) is 0 Å². The standard InChI is InChI=1S/C21H22N2O3/c1-3-15-8-10-16(11-9-15)14(2)23-20(24)13-26-21(25)18-12-22-19-7-5-4-6-17(18)19/h4-12,14,22H,3,13H2,1-2H3,(H,23,24)/t14-/m1/s1. The van der Waals surface area contributed by atoms with E-state index in [1.165, 1.54) is 5.56 Å². The normalized spacial score (nSPS) is 11.9. The van der Waals surface area contributed by atoms with Gasteiger partial charge in [0.25, 0.3) is 5.91 Å². The molecule has 0 fully saturated rings. The number of nitrogens with one attached hydrogen (secondary N) is 2. The second kappa shape index (κ2) is 7.87. The molecule has 2 N–H and O–H groups in total. The van der Waals surface area contributed by atoms with Gasteiger partial charge in [-0.3, -0.25) is 4.79 Å². The van der Waals surface area contributed by atoms with E-state index in [4.69, 9.17) is 4.74 Å². The summed E-state index contributed by atoms with van der Waals surface area (Å²) in [7, 11) is 0. The Hall–Kier alpha value is -3.08. The van der Waals surface area contributed by atoms with E-state index < -0.39 is 5.97 Å². The van der Waals surface area contributed by atoms with Crippen LogP contribution in [0.15, 0.2) is 54.7 Å².